The monoisotopic (exact) mass is 460 g/mol. The number of carbonyl (C=O) groups is 3. The molecule has 0 bridgehead atoms. The molecule has 1 aromatic rings. The summed E-state index contributed by atoms with van der Waals surface area (Å²) in [6, 6.07) is 5.28. The zero-order valence-corrected chi connectivity index (χ0v) is 20.1. The number of rotatable bonds is 13. The molecule has 7 nitrogen and oxygen atoms in total. The predicted octanol–water partition coefficient (Wildman–Crippen LogP) is 2.64. The van der Waals surface area contributed by atoms with E-state index in [4.69, 9.17) is 0 Å². The molecule has 1 unspecified atom stereocenters. The molecule has 2 N–H and O–H groups in total. The standard InChI is InChI=1S/C24H36N4O3S/c1-3-27(4-2)15-14-25-13-6-5-7-16-32-21-10-8-9-18-19(21)17-28(24(18)31)20-11-12-22(29)26-23(20)30/h8-10,20,25H,3-7,11-17H2,1-2H3,(H,26,29,30). The molecule has 8 heteroatoms. The van der Waals surface area contributed by atoms with Crippen molar-refractivity contribution < 1.29 is 14.4 Å². The van der Waals surface area contributed by atoms with Gasteiger partial charge in [-0.1, -0.05) is 26.3 Å². The molecule has 1 atom stereocenters. The molecule has 2 aliphatic heterocycles. The third-order valence-electron chi connectivity index (χ3n) is 6.29. The molecule has 176 valence electrons. The van der Waals surface area contributed by atoms with E-state index in [1.54, 1.807) is 16.7 Å². The molecule has 0 aromatic heterocycles. The average molecular weight is 461 g/mol. The van der Waals surface area contributed by atoms with Crippen molar-refractivity contribution in [1.82, 2.24) is 20.4 Å². The Morgan fingerprint density at radius 2 is 1.94 bits per heavy atom. The number of amides is 3. The van der Waals surface area contributed by atoms with Crippen molar-refractivity contribution >= 4 is 29.5 Å². The summed E-state index contributed by atoms with van der Waals surface area (Å²) in [5, 5.41) is 5.89. The fraction of sp³-hybridized carbons (Fsp3) is 0.625. The molecule has 3 amide bonds. The second-order valence-electron chi connectivity index (χ2n) is 8.37. The number of imide groups is 1. The zero-order chi connectivity index (χ0) is 22.9. The molecule has 32 heavy (non-hydrogen) atoms. The second-order valence-corrected chi connectivity index (χ2v) is 9.50. The number of thioether (sulfide) groups is 1. The van der Waals surface area contributed by atoms with E-state index in [-0.39, 0.29) is 24.1 Å². The lowest BCUT2D eigenvalue weighted by Crippen LogP contribution is -2.52. The van der Waals surface area contributed by atoms with Gasteiger partial charge in [0.15, 0.2) is 0 Å². The Hall–Kier alpha value is -1.90. The highest BCUT2D eigenvalue weighted by molar-refractivity contribution is 7.99. The molecule has 0 aliphatic carbocycles. The van der Waals surface area contributed by atoms with Gasteiger partial charge in [0.05, 0.1) is 0 Å². The molecule has 0 saturated carbocycles. The molecule has 0 radical (unpaired) electrons. The minimum absolute atomic E-state index is 0.104. The molecule has 1 saturated heterocycles. The number of hydrogen-bond acceptors (Lipinski definition) is 6. The third-order valence-corrected chi connectivity index (χ3v) is 7.48. The number of likely N-dealkylation sites (N-methyl/N-ethyl adjacent to an activating group) is 1. The zero-order valence-electron chi connectivity index (χ0n) is 19.3. The van der Waals surface area contributed by atoms with Crippen LogP contribution >= 0.6 is 11.8 Å². The first kappa shape index (κ1) is 24.7. The highest BCUT2D eigenvalue weighted by Crippen LogP contribution is 2.34. The SMILES string of the molecule is CCN(CC)CCNCCCCCSc1cccc2c1CN(C1CCC(=O)NC1=O)C2=O. The average Bonchev–Trinajstić information content (AvgIpc) is 3.12. The van der Waals surface area contributed by atoms with Crippen LogP contribution in [0.1, 0.15) is 61.9 Å². The Morgan fingerprint density at radius 1 is 1.12 bits per heavy atom. The fourth-order valence-corrected chi connectivity index (χ4v) is 5.40. The minimum Gasteiger partial charge on any atom is -0.322 e. The summed E-state index contributed by atoms with van der Waals surface area (Å²) in [4.78, 5) is 41.8. The normalized spacial score (nSPS) is 18.4. The van der Waals surface area contributed by atoms with Crippen LogP contribution in [0.4, 0.5) is 0 Å². The molecule has 1 fully saturated rings. The maximum Gasteiger partial charge on any atom is 0.255 e. The number of piperidine rings is 1. The summed E-state index contributed by atoms with van der Waals surface area (Å²) in [6.45, 7) is 10.3. The van der Waals surface area contributed by atoms with Crippen molar-refractivity contribution in [3.8, 4) is 0 Å². The third kappa shape index (κ3) is 6.33. The quantitative estimate of drug-likeness (QED) is 0.268. The van der Waals surface area contributed by atoms with E-state index in [1.807, 2.05) is 12.1 Å². The number of nitrogens with one attached hydrogen (secondary N) is 2. The van der Waals surface area contributed by atoms with Crippen molar-refractivity contribution in [2.75, 3.05) is 38.5 Å². The largest absolute Gasteiger partial charge is 0.322 e. The summed E-state index contributed by atoms with van der Waals surface area (Å²) in [7, 11) is 0. The van der Waals surface area contributed by atoms with Crippen molar-refractivity contribution in [1.29, 1.82) is 0 Å². The van der Waals surface area contributed by atoms with Gasteiger partial charge < -0.3 is 15.1 Å². The van der Waals surface area contributed by atoms with Gasteiger partial charge in [0, 0.05) is 36.5 Å². The molecule has 0 spiro atoms. The number of benzene rings is 1. The van der Waals surface area contributed by atoms with E-state index in [2.05, 4.69) is 35.4 Å². The molecule has 3 rings (SSSR count). The topological polar surface area (TPSA) is 81.8 Å². The van der Waals surface area contributed by atoms with Gasteiger partial charge in [-0.15, -0.1) is 11.8 Å². The summed E-state index contributed by atoms with van der Waals surface area (Å²) >= 11 is 1.80. The smallest absolute Gasteiger partial charge is 0.255 e. The first-order chi connectivity index (χ1) is 15.5. The van der Waals surface area contributed by atoms with Crippen molar-refractivity contribution in [3.05, 3.63) is 29.3 Å². The second kappa shape index (κ2) is 12.4. The van der Waals surface area contributed by atoms with Crippen LogP contribution in [0.25, 0.3) is 0 Å². The number of hydrogen-bond donors (Lipinski definition) is 2. The molecular formula is C24H36N4O3S. The minimum atomic E-state index is -0.556. The van der Waals surface area contributed by atoms with Crippen LogP contribution in [0.15, 0.2) is 23.1 Å². The maximum absolute atomic E-state index is 12.9. The van der Waals surface area contributed by atoms with Crippen LogP contribution in [0.2, 0.25) is 0 Å². The van der Waals surface area contributed by atoms with E-state index in [0.717, 1.165) is 55.4 Å². The van der Waals surface area contributed by atoms with Gasteiger partial charge in [-0.05, 0) is 62.3 Å². The van der Waals surface area contributed by atoms with Gasteiger partial charge in [-0.2, -0.15) is 0 Å². The molecule has 1 aromatic carbocycles. The number of fused-ring (bicyclic) bond motifs is 1. The van der Waals surface area contributed by atoms with Crippen LogP contribution in [-0.4, -0.2) is 72.0 Å². The van der Waals surface area contributed by atoms with Crippen LogP contribution in [0, 0.1) is 0 Å². The molecule has 2 heterocycles. The van der Waals surface area contributed by atoms with E-state index in [0.29, 0.717) is 18.5 Å². The Morgan fingerprint density at radius 3 is 2.69 bits per heavy atom. The Labute approximate surface area is 195 Å². The van der Waals surface area contributed by atoms with Crippen molar-refractivity contribution in [2.24, 2.45) is 0 Å². The van der Waals surface area contributed by atoms with Crippen LogP contribution in [0.5, 0.6) is 0 Å². The number of nitrogens with zero attached hydrogens (tertiary/aromatic N) is 2. The van der Waals surface area contributed by atoms with Gasteiger partial charge in [0.2, 0.25) is 11.8 Å². The van der Waals surface area contributed by atoms with E-state index in [9.17, 15) is 14.4 Å². The highest BCUT2D eigenvalue weighted by atomic mass is 32.2. The van der Waals surface area contributed by atoms with Gasteiger partial charge in [0.25, 0.3) is 5.91 Å². The van der Waals surface area contributed by atoms with Gasteiger partial charge in [-0.3, -0.25) is 19.7 Å². The molecule has 2 aliphatic rings. The van der Waals surface area contributed by atoms with E-state index < -0.39 is 6.04 Å². The first-order valence-electron chi connectivity index (χ1n) is 11.9. The first-order valence-corrected chi connectivity index (χ1v) is 12.9. The van der Waals surface area contributed by atoms with Gasteiger partial charge >= 0.3 is 0 Å². The van der Waals surface area contributed by atoms with E-state index >= 15 is 0 Å². The molecular weight excluding hydrogens is 424 g/mol. The highest BCUT2D eigenvalue weighted by Gasteiger charge is 2.39. The van der Waals surface area contributed by atoms with Crippen LogP contribution < -0.4 is 10.6 Å². The van der Waals surface area contributed by atoms with Crippen LogP contribution in [-0.2, 0) is 16.1 Å². The van der Waals surface area contributed by atoms with Gasteiger partial charge in [-0.25, -0.2) is 0 Å². The maximum atomic E-state index is 12.9. The Balaban J connectivity index is 1.40. The van der Waals surface area contributed by atoms with Crippen molar-refractivity contribution in [2.45, 2.75) is 63.4 Å². The predicted molar refractivity (Wildman–Crippen MR) is 128 cm³/mol. The van der Waals surface area contributed by atoms with Gasteiger partial charge in [0.1, 0.15) is 6.04 Å². The number of unbranched alkanes of at least 4 members (excludes halogenated alkanes) is 2. The number of carbonyl (C=O) groups excluding carboxylic acids is 3. The lowest BCUT2D eigenvalue weighted by molar-refractivity contribution is -0.136. The Kier molecular flexibility index (Phi) is 9.56. The summed E-state index contributed by atoms with van der Waals surface area (Å²) in [6.07, 6.45) is 4.17. The van der Waals surface area contributed by atoms with Crippen molar-refractivity contribution in [3.63, 3.8) is 0 Å². The van der Waals surface area contributed by atoms with Crippen LogP contribution in [0.3, 0.4) is 0 Å². The summed E-state index contributed by atoms with van der Waals surface area (Å²) in [5.74, 6) is 0.295. The summed E-state index contributed by atoms with van der Waals surface area (Å²) < 4.78 is 0. The lowest BCUT2D eigenvalue weighted by atomic mass is 10.0. The summed E-state index contributed by atoms with van der Waals surface area (Å²) in [5.41, 5.74) is 1.71. The fourth-order valence-electron chi connectivity index (χ4n) is 4.31. The Bertz CT molecular complexity index is 812. The lowest BCUT2D eigenvalue weighted by Gasteiger charge is -2.29. The van der Waals surface area contributed by atoms with E-state index in [1.165, 1.54) is 12.8 Å².